The molecule has 5 rings (SSSR count). The van der Waals surface area contributed by atoms with Crippen molar-refractivity contribution in [2.24, 2.45) is 0 Å². The first kappa shape index (κ1) is 22.0. The highest BCUT2D eigenvalue weighted by molar-refractivity contribution is 5.96. The Labute approximate surface area is 200 Å². The molecule has 1 fully saturated rings. The number of benzene rings is 2. The smallest absolute Gasteiger partial charge is 0.257 e. The maximum Gasteiger partial charge on any atom is 0.257 e. The number of imidazole rings is 1. The van der Waals surface area contributed by atoms with E-state index in [0.29, 0.717) is 24.5 Å². The van der Waals surface area contributed by atoms with Crippen LogP contribution in [0, 0.1) is 6.92 Å². The van der Waals surface area contributed by atoms with Gasteiger partial charge < -0.3 is 18.9 Å². The third kappa shape index (κ3) is 4.49. The van der Waals surface area contributed by atoms with E-state index in [1.165, 1.54) is 24.1 Å². The summed E-state index contributed by atoms with van der Waals surface area (Å²) in [6.45, 7) is 5.04. The summed E-state index contributed by atoms with van der Waals surface area (Å²) in [6.07, 6.45) is 6.39. The minimum absolute atomic E-state index is 0.0577. The number of hydrogen-bond donors (Lipinski definition) is 0. The lowest BCUT2D eigenvalue weighted by atomic mass is 10.1. The average Bonchev–Trinajstić information content (AvgIpc) is 3.54. The molecule has 4 aromatic rings. The number of rotatable bonds is 7. The summed E-state index contributed by atoms with van der Waals surface area (Å²) in [5.74, 6) is 0.513. The van der Waals surface area contributed by atoms with Crippen molar-refractivity contribution in [1.82, 2.24) is 14.3 Å². The normalized spacial score (nSPS) is 13.4. The standard InChI is InChI=1S/C28H30N4O2/c1-21-10-9-17-32-19-23(29-27(21)32)20-34-26-14-6-4-12-24(26)28(33)30(2)18-22-11-3-5-13-25(22)31-15-7-8-16-31/h3-6,9-14,17,19H,7-8,15-16,18,20H2,1-2H3. The lowest BCUT2D eigenvalue weighted by molar-refractivity contribution is 0.0780. The molecule has 0 aliphatic carbocycles. The van der Waals surface area contributed by atoms with Gasteiger partial charge in [0, 0.05) is 44.8 Å². The summed E-state index contributed by atoms with van der Waals surface area (Å²) in [6, 6.07) is 19.9. The lowest BCUT2D eigenvalue weighted by Gasteiger charge is -2.25. The number of carbonyl (C=O) groups is 1. The fraction of sp³-hybridized carbons (Fsp3) is 0.286. The number of anilines is 1. The summed E-state index contributed by atoms with van der Waals surface area (Å²) in [4.78, 5) is 22.3. The van der Waals surface area contributed by atoms with Crippen LogP contribution in [0.25, 0.3) is 5.65 Å². The molecule has 1 amide bonds. The quantitative estimate of drug-likeness (QED) is 0.390. The van der Waals surface area contributed by atoms with Gasteiger partial charge in [0.15, 0.2) is 0 Å². The minimum atomic E-state index is -0.0577. The molecule has 0 atom stereocenters. The second-order valence-corrected chi connectivity index (χ2v) is 8.92. The van der Waals surface area contributed by atoms with Crippen molar-refractivity contribution in [3.05, 3.63) is 95.4 Å². The maximum atomic E-state index is 13.4. The average molecular weight is 455 g/mol. The maximum absolute atomic E-state index is 13.4. The molecule has 174 valence electrons. The molecule has 1 aliphatic rings. The third-order valence-electron chi connectivity index (χ3n) is 6.41. The number of ether oxygens (including phenoxy) is 1. The van der Waals surface area contributed by atoms with Gasteiger partial charge in [0.2, 0.25) is 0 Å². The predicted octanol–water partition coefficient (Wildman–Crippen LogP) is 5.09. The van der Waals surface area contributed by atoms with Crippen LogP contribution in [0.5, 0.6) is 5.75 Å². The first-order valence-electron chi connectivity index (χ1n) is 11.8. The molecule has 0 bridgehead atoms. The van der Waals surface area contributed by atoms with E-state index in [-0.39, 0.29) is 5.91 Å². The topological polar surface area (TPSA) is 50.1 Å². The van der Waals surface area contributed by atoms with Gasteiger partial charge in [-0.05, 0) is 55.2 Å². The van der Waals surface area contributed by atoms with Crippen molar-refractivity contribution in [1.29, 1.82) is 0 Å². The van der Waals surface area contributed by atoms with E-state index in [1.54, 1.807) is 4.90 Å². The minimum Gasteiger partial charge on any atom is -0.486 e. The molecule has 0 radical (unpaired) electrons. The summed E-state index contributed by atoms with van der Waals surface area (Å²) in [5, 5.41) is 0. The van der Waals surface area contributed by atoms with Crippen molar-refractivity contribution in [2.45, 2.75) is 32.9 Å². The fourth-order valence-corrected chi connectivity index (χ4v) is 4.64. The Balaban J connectivity index is 1.31. The zero-order chi connectivity index (χ0) is 23.5. The van der Waals surface area contributed by atoms with Crippen molar-refractivity contribution >= 4 is 17.2 Å². The van der Waals surface area contributed by atoms with Crippen LogP contribution in [-0.2, 0) is 13.2 Å². The monoisotopic (exact) mass is 454 g/mol. The largest absolute Gasteiger partial charge is 0.486 e. The van der Waals surface area contributed by atoms with E-state index < -0.39 is 0 Å². The van der Waals surface area contributed by atoms with Crippen LogP contribution in [0.4, 0.5) is 5.69 Å². The number of carbonyl (C=O) groups excluding carboxylic acids is 1. The van der Waals surface area contributed by atoms with E-state index in [2.05, 4.69) is 28.1 Å². The molecule has 2 aromatic carbocycles. The van der Waals surface area contributed by atoms with E-state index in [0.717, 1.165) is 30.0 Å². The first-order valence-corrected chi connectivity index (χ1v) is 11.8. The highest BCUT2D eigenvalue weighted by Crippen LogP contribution is 2.27. The third-order valence-corrected chi connectivity index (χ3v) is 6.41. The Morgan fingerprint density at radius 3 is 2.62 bits per heavy atom. The lowest BCUT2D eigenvalue weighted by Crippen LogP contribution is -2.28. The molecule has 6 heteroatoms. The van der Waals surface area contributed by atoms with E-state index in [9.17, 15) is 4.79 Å². The molecule has 2 aromatic heterocycles. The van der Waals surface area contributed by atoms with E-state index in [4.69, 9.17) is 4.74 Å². The molecule has 1 saturated heterocycles. The summed E-state index contributed by atoms with van der Waals surface area (Å²) in [5.41, 5.74) is 5.81. The molecule has 1 aliphatic heterocycles. The number of pyridine rings is 1. The van der Waals surface area contributed by atoms with Gasteiger partial charge in [0.1, 0.15) is 18.0 Å². The van der Waals surface area contributed by atoms with Gasteiger partial charge in [-0.25, -0.2) is 4.98 Å². The fourth-order valence-electron chi connectivity index (χ4n) is 4.64. The van der Waals surface area contributed by atoms with E-state index >= 15 is 0 Å². The summed E-state index contributed by atoms with van der Waals surface area (Å²) >= 11 is 0. The Morgan fingerprint density at radius 2 is 1.79 bits per heavy atom. The Bertz CT molecular complexity index is 1310. The number of amides is 1. The first-order chi connectivity index (χ1) is 16.6. The molecular weight excluding hydrogens is 424 g/mol. The van der Waals surface area contributed by atoms with Gasteiger partial charge in [-0.2, -0.15) is 0 Å². The van der Waals surface area contributed by atoms with Gasteiger partial charge in [0.25, 0.3) is 5.91 Å². The van der Waals surface area contributed by atoms with Crippen molar-refractivity contribution in [2.75, 3.05) is 25.0 Å². The van der Waals surface area contributed by atoms with Crippen LogP contribution in [0.1, 0.15) is 40.0 Å². The van der Waals surface area contributed by atoms with Gasteiger partial charge >= 0.3 is 0 Å². The summed E-state index contributed by atoms with van der Waals surface area (Å²) < 4.78 is 8.08. The molecule has 3 heterocycles. The van der Waals surface area contributed by atoms with Crippen LogP contribution < -0.4 is 9.64 Å². The van der Waals surface area contributed by atoms with E-state index in [1.807, 2.05) is 73.2 Å². The Morgan fingerprint density at radius 1 is 1.03 bits per heavy atom. The van der Waals surface area contributed by atoms with Crippen LogP contribution in [-0.4, -0.2) is 40.3 Å². The molecule has 0 spiro atoms. The zero-order valence-electron chi connectivity index (χ0n) is 19.8. The number of hydrogen-bond acceptors (Lipinski definition) is 4. The predicted molar refractivity (Wildman–Crippen MR) is 134 cm³/mol. The van der Waals surface area contributed by atoms with Gasteiger partial charge in [-0.3, -0.25) is 4.79 Å². The Hall–Kier alpha value is -3.80. The molecular formula is C28H30N4O2. The SMILES string of the molecule is Cc1cccn2cc(COc3ccccc3C(=O)N(C)Cc3ccccc3N3CCCC3)nc12. The highest BCUT2D eigenvalue weighted by Gasteiger charge is 2.20. The highest BCUT2D eigenvalue weighted by atomic mass is 16.5. The molecule has 0 unspecified atom stereocenters. The Kier molecular flexibility index (Phi) is 6.21. The molecule has 34 heavy (non-hydrogen) atoms. The zero-order valence-corrected chi connectivity index (χ0v) is 19.8. The van der Waals surface area contributed by atoms with Crippen molar-refractivity contribution in [3.63, 3.8) is 0 Å². The molecule has 0 saturated carbocycles. The van der Waals surface area contributed by atoms with Crippen LogP contribution in [0.2, 0.25) is 0 Å². The number of fused-ring (bicyclic) bond motifs is 1. The summed E-state index contributed by atoms with van der Waals surface area (Å²) in [7, 11) is 1.85. The molecule has 0 N–H and O–H groups in total. The van der Waals surface area contributed by atoms with Crippen LogP contribution >= 0.6 is 0 Å². The number of nitrogens with zero attached hydrogens (tertiary/aromatic N) is 4. The number of aromatic nitrogens is 2. The van der Waals surface area contributed by atoms with Gasteiger partial charge in [0.05, 0.1) is 11.3 Å². The van der Waals surface area contributed by atoms with Gasteiger partial charge in [-0.15, -0.1) is 0 Å². The van der Waals surface area contributed by atoms with Crippen LogP contribution in [0.15, 0.2) is 73.1 Å². The van der Waals surface area contributed by atoms with Crippen molar-refractivity contribution in [3.8, 4) is 5.75 Å². The number of para-hydroxylation sites is 2. The second kappa shape index (κ2) is 9.59. The van der Waals surface area contributed by atoms with Crippen molar-refractivity contribution < 1.29 is 9.53 Å². The molecule has 6 nitrogen and oxygen atoms in total. The van der Waals surface area contributed by atoms with Crippen LogP contribution in [0.3, 0.4) is 0 Å². The second-order valence-electron chi connectivity index (χ2n) is 8.92. The van der Waals surface area contributed by atoms with Gasteiger partial charge in [-0.1, -0.05) is 36.4 Å². The number of aryl methyl sites for hydroxylation is 1.